The standard InChI is InChI=1S/C18H29N3OS.2ClH/c1-4-14-5-7-15(8-6-14)17(21(2)3)12-20-18(22)11-16-13-23-10-9-19-16;;/h5-8,16-17,19H,4,9-13H2,1-3H3,(H,20,22);2*1H. The monoisotopic (exact) mass is 407 g/mol. The summed E-state index contributed by atoms with van der Waals surface area (Å²) in [5, 5.41) is 6.52. The summed E-state index contributed by atoms with van der Waals surface area (Å²) in [5.41, 5.74) is 2.59. The van der Waals surface area contributed by atoms with Crippen LogP contribution in [0.1, 0.15) is 30.5 Å². The van der Waals surface area contributed by atoms with Gasteiger partial charge in [-0.3, -0.25) is 4.79 Å². The third-order valence-electron chi connectivity index (χ3n) is 4.32. The average molecular weight is 408 g/mol. The molecular weight excluding hydrogens is 377 g/mol. The number of carbonyl (C=O) groups excluding carboxylic acids is 1. The average Bonchev–Trinajstić information content (AvgIpc) is 2.56. The van der Waals surface area contributed by atoms with Crippen LogP contribution in [0.25, 0.3) is 0 Å². The first kappa shape index (κ1) is 24.5. The third kappa shape index (κ3) is 8.18. The Morgan fingerprint density at radius 3 is 2.52 bits per heavy atom. The van der Waals surface area contributed by atoms with Crippen LogP contribution in [0.4, 0.5) is 0 Å². The van der Waals surface area contributed by atoms with Gasteiger partial charge in [0.1, 0.15) is 0 Å². The second-order valence-corrected chi connectivity index (χ2v) is 7.46. The highest BCUT2D eigenvalue weighted by Gasteiger charge is 2.19. The van der Waals surface area contributed by atoms with Gasteiger partial charge in [0.15, 0.2) is 0 Å². The number of nitrogens with zero attached hydrogens (tertiary/aromatic N) is 1. The van der Waals surface area contributed by atoms with Crippen molar-refractivity contribution in [1.29, 1.82) is 0 Å². The summed E-state index contributed by atoms with van der Waals surface area (Å²) in [6.45, 7) is 3.82. The van der Waals surface area contributed by atoms with Crippen LogP contribution in [-0.2, 0) is 11.2 Å². The van der Waals surface area contributed by atoms with Crippen LogP contribution in [-0.4, -0.2) is 55.5 Å². The lowest BCUT2D eigenvalue weighted by Gasteiger charge is -2.26. The van der Waals surface area contributed by atoms with Gasteiger partial charge in [0, 0.05) is 37.1 Å². The molecule has 2 N–H and O–H groups in total. The Hall–Kier alpha value is -0.460. The van der Waals surface area contributed by atoms with E-state index in [0.29, 0.717) is 19.0 Å². The number of aryl methyl sites for hydroxylation is 1. The summed E-state index contributed by atoms with van der Waals surface area (Å²) in [5.74, 6) is 2.32. The molecule has 144 valence electrons. The largest absolute Gasteiger partial charge is 0.354 e. The maximum atomic E-state index is 12.2. The Balaban J connectivity index is 0.00000288. The lowest BCUT2D eigenvalue weighted by molar-refractivity contribution is -0.121. The van der Waals surface area contributed by atoms with Crippen LogP contribution in [0.2, 0.25) is 0 Å². The third-order valence-corrected chi connectivity index (χ3v) is 5.45. The molecular formula is C18H31Cl2N3OS. The van der Waals surface area contributed by atoms with Gasteiger partial charge in [-0.15, -0.1) is 24.8 Å². The minimum atomic E-state index is 0. The van der Waals surface area contributed by atoms with E-state index in [4.69, 9.17) is 0 Å². The molecule has 0 saturated carbocycles. The molecule has 25 heavy (non-hydrogen) atoms. The second-order valence-electron chi connectivity index (χ2n) is 6.31. The van der Waals surface area contributed by atoms with Crippen LogP contribution in [0.15, 0.2) is 24.3 Å². The molecule has 2 rings (SSSR count). The molecule has 4 nitrogen and oxygen atoms in total. The highest BCUT2D eigenvalue weighted by Crippen LogP contribution is 2.18. The van der Waals surface area contributed by atoms with Crippen molar-refractivity contribution in [2.75, 3.05) is 38.7 Å². The summed E-state index contributed by atoms with van der Waals surface area (Å²) in [7, 11) is 4.12. The van der Waals surface area contributed by atoms with Crippen molar-refractivity contribution in [3.8, 4) is 0 Å². The van der Waals surface area contributed by atoms with Crippen molar-refractivity contribution in [3.05, 3.63) is 35.4 Å². The Morgan fingerprint density at radius 1 is 1.32 bits per heavy atom. The molecule has 1 amide bonds. The van der Waals surface area contributed by atoms with E-state index in [-0.39, 0.29) is 36.8 Å². The SMILES string of the molecule is CCc1ccc(C(CNC(=O)CC2CSCCN2)N(C)C)cc1.Cl.Cl. The van der Waals surface area contributed by atoms with Crippen LogP contribution in [0.5, 0.6) is 0 Å². The Morgan fingerprint density at radius 2 is 2.00 bits per heavy atom. The normalized spacial score (nSPS) is 18.0. The van der Waals surface area contributed by atoms with Crippen molar-refractivity contribution in [1.82, 2.24) is 15.5 Å². The molecule has 1 saturated heterocycles. The molecule has 1 aliphatic rings. The molecule has 0 aromatic heterocycles. The number of likely N-dealkylation sites (N-methyl/N-ethyl adjacent to an activating group) is 1. The van der Waals surface area contributed by atoms with Gasteiger partial charge in [-0.25, -0.2) is 0 Å². The first-order valence-electron chi connectivity index (χ1n) is 8.43. The van der Waals surface area contributed by atoms with Crippen LogP contribution in [0, 0.1) is 0 Å². The van der Waals surface area contributed by atoms with Gasteiger partial charge in [-0.2, -0.15) is 11.8 Å². The summed E-state index contributed by atoms with van der Waals surface area (Å²) in [6, 6.07) is 9.23. The fraction of sp³-hybridized carbons (Fsp3) is 0.611. The van der Waals surface area contributed by atoms with E-state index in [1.807, 2.05) is 11.8 Å². The molecule has 1 fully saturated rings. The van der Waals surface area contributed by atoms with Crippen LogP contribution in [0.3, 0.4) is 0 Å². The van der Waals surface area contributed by atoms with E-state index in [2.05, 4.69) is 60.8 Å². The fourth-order valence-corrected chi connectivity index (χ4v) is 3.78. The topological polar surface area (TPSA) is 44.4 Å². The van der Waals surface area contributed by atoms with Crippen molar-refractivity contribution in [2.45, 2.75) is 31.8 Å². The molecule has 0 spiro atoms. The molecule has 1 aromatic carbocycles. The number of carbonyl (C=O) groups is 1. The molecule has 1 aliphatic heterocycles. The van der Waals surface area contributed by atoms with E-state index in [1.54, 1.807) is 0 Å². The van der Waals surface area contributed by atoms with Gasteiger partial charge >= 0.3 is 0 Å². The van der Waals surface area contributed by atoms with Crippen molar-refractivity contribution < 1.29 is 4.79 Å². The quantitative estimate of drug-likeness (QED) is 0.728. The van der Waals surface area contributed by atoms with E-state index >= 15 is 0 Å². The number of amides is 1. The highest BCUT2D eigenvalue weighted by molar-refractivity contribution is 7.99. The summed E-state index contributed by atoms with van der Waals surface area (Å²) in [4.78, 5) is 14.4. The summed E-state index contributed by atoms with van der Waals surface area (Å²) in [6.07, 6.45) is 1.62. The Kier molecular flexibility index (Phi) is 12.6. The van der Waals surface area contributed by atoms with Gasteiger partial charge in [-0.1, -0.05) is 31.2 Å². The number of nitrogens with one attached hydrogen (secondary N) is 2. The maximum absolute atomic E-state index is 12.2. The molecule has 1 aromatic rings. The number of halogens is 2. The van der Waals surface area contributed by atoms with Gasteiger partial charge in [-0.05, 0) is 31.6 Å². The van der Waals surface area contributed by atoms with E-state index in [1.165, 1.54) is 11.1 Å². The zero-order valence-electron chi connectivity index (χ0n) is 15.3. The number of hydrogen-bond donors (Lipinski definition) is 2. The molecule has 0 radical (unpaired) electrons. The second kappa shape index (κ2) is 12.8. The van der Waals surface area contributed by atoms with E-state index in [0.717, 1.165) is 24.5 Å². The number of rotatable bonds is 7. The minimum Gasteiger partial charge on any atom is -0.354 e. The first-order valence-corrected chi connectivity index (χ1v) is 9.58. The Labute approximate surface area is 168 Å². The van der Waals surface area contributed by atoms with Crippen LogP contribution < -0.4 is 10.6 Å². The van der Waals surface area contributed by atoms with E-state index in [9.17, 15) is 4.79 Å². The van der Waals surface area contributed by atoms with Gasteiger partial charge < -0.3 is 15.5 Å². The molecule has 1 heterocycles. The molecule has 0 bridgehead atoms. The smallest absolute Gasteiger partial charge is 0.221 e. The van der Waals surface area contributed by atoms with E-state index < -0.39 is 0 Å². The Bertz CT molecular complexity index is 494. The summed E-state index contributed by atoms with van der Waals surface area (Å²) >= 11 is 1.92. The van der Waals surface area contributed by atoms with Crippen LogP contribution >= 0.6 is 36.6 Å². The van der Waals surface area contributed by atoms with Gasteiger partial charge in [0.25, 0.3) is 0 Å². The first-order chi connectivity index (χ1) is 11.1. The predicted octanol–water partition coefficient (Wildman–Crippen LogP) is 2.91. The lowest BCUT2D eigenvalue weighted by Crippen LogP contribution is -2.42. The summed E-state index contributed by atoms with van der Waals surface area (Å²) < 4.78 is 0. The fourth-order valence-electron chi connectivity index (χ4n) is 2.83. The lowest BCUT2D eigenvalue weighted by atomic mass is 10.0. The van der Waals surface area contributed by atoms with Gasteiger partial charge in [0.05, 0.1) is 6.04 Å². The molecule has 2 atom stereocenters. The zero-order chi connectivity index (χ0) is 16.7. The minimum absolute atomic E-state index is 0. The molecule has 0 aliphatic carbocycles. The molecule has 7 heteroatoms. The molecule has 2 unspecified atom stereocenters. The maximum Gasteiger partial charge on any atom is 0.221 e. The number of hydrogen-bond acceptors (Lipinski definition) is 4. The number of benzene rings is 1. The van der Waals surface area contributed by atoms with Crippen molar-refractivity contribution in [3.63, 3.8) is 0 Å². The van der Waals surface area contributed by atoms with Crippen molar-refractivity contribution in [2.24, 2.45) is 0 Å². The van der Waals surface area contributed by atoms with Gasteiger partial charge in [0.2, 0.25) is 5.91 Å². The van der Waals surface area contributed by atoms with Crippen molar-refractivity contribution >= 4 is 42.5 Å². The zero-order valence-corrected chi connectivity index (χ0v) is 17.7. The highest BCUT2D eigenvalue weighted by atomic mass is 35.5. The predicted molar refractivity (Wildman–Crippen MR) is 113 cm³/mol. The number of thioether (sulfide) groups is 1.